The molecule has 0 rings (SSSR count). The van der Waals surface area contributed by atoms with E-state index in [0.717, 1.165) is 0 Å². The van der Waals surface area contributed by atoms with E-state index in [1.807, 2.05) is 20.1 Å². The molecule has 0 fully saturated rings. The molecular weight excluding hydrogens is 308 g/mol. The average Bonchev–Trinajstić information content (AvgIpc) is 2.42. The van der Waals surface area contributed by atoms with E-state index < -0.39 is 30.1 Å². The quantitative estimate of drug-likeness (QED) is 0.559. The zero-order valence-corrected chi connectivity index (χ0v) is 14.4. The molecule has 0 bridgehead atoms. The summed E-state index contributed by atoms with van der Waals surface area (Å²) in [5.74, 6) is -0.798. The van der Waals surface area contributed by atoms with E-state index in [1.165, 1.54) is 11.8 Å². The highest BCUT2D eigenvalue weighted by atomic mass is 32.2. The molecule has 0 aromatic heterocycles. The average molecular weight is 334 g/mol. The van der Waals surface area contributed by atoms with Crippen LogP contribution in [0.2, 0.25) is 0 Å². The molecule has 0 aliphatic carbocycles. The van der Waals surface area contributed by atoms with Gasteiger partial charge in [0.05, 0.1) is 6.61 Å². The second-order valence-electron chi connectivity index (χ2n) is 5.23. The molecule has 0 radical (unpaired) electrons. The Morgan fingerprint density at radius 2 is 1.82 bits per heavy atom. The Morgan fingerprint density at radius 3 is 2.27 bits per heavy atom. The molecule has 0 aliphatic heterocycles. The summed E-state index contributed by atoms with van der Waals surface area (Å²) in [7, 11) is 0. The maximum Gasteiger partial charge on any atom is 0.407 e. The SMILES string of the molecule is CCOC(=O)N[C@@H](CCSC)C(=O)N[C@@H](CC(C)C)C(=O)O. The summed E-state index contributed by atoms with van der Waals surface area (Å²) in [5.41, 5.74) is 0. The number of alkyl carbamates (subject to hydrolysis) is 1. The number of carbonyl (C=O) groups excluding carboxylic acids is 2. The van der Waals surface area contributed by atoms with Gasteiger partial charge in [0.15, 0.2) is 0 Å². The lowest BCUT2D eigenvalue weighted by atomic mass is 10.0. The van der Waals surface area contributed by atoms with Gasteiger partial charge in [-0.1, -0.05) is 13.8 Å². The number of carbonyl (C=O) groups is 3. The summed E-state index contributed by atoms with van der Waals surface area (Å²) in [5, 5.41) is 14.1. The van der Waals surface area contributed by atoms with Crippen LogP contribution in [0.25, 0.3) is 0 Å². The van der Waals surface area contributed by atoms with Crippen molar-refractivity contribution in [1.82, 2.24) is 10.6 Å². The van der Waals surface area contributed by atoms with E-state index in [4.69, 9.17) is 9.84 Å². The fourth-order valence-corrected chi connectivity index (χ4v) is 2.26. The summed E-state index contributed by atoms with van der Waals surface area (Å²) >= 11 is 1.54. The third kappa shape index (κ3) is 8.76. The molecule has 3 N–H and O–H groups in total. The molecule has 0 aromatic rings. The van der Waals surface area contributed by atoms with Gasteiger partial charge < -0.3 is 20.5 Å². The number of thioether (sulfide) groups is 1. The summed E-state index contributed by atoms with van der Waals surface area (Å²) in [6.07, 6.45) is 1.94. The lowest BCUT2D eigenvalue weighted by molar-refractivity contribution is -0.142. The Morgan fingerprint density at radius 1 is 1.18 bits per heavy atom. The third-order valence-corrected chi connectivity index (χ3v) is 3.46. The number of carboxylic acids is 1. The minimum absolute atomic E-state index is 0.129. The van der Waals surface area contributed by atoms with Gasteiger partial charge in [0.1, 0.15) is 12.1 Å². The van der Waals surface area contributed by atoms with Gasteiger partial charge in [-0.3, -0.25) is 4.79 Å². The van der Waals surface area contributed by atoms with Crippen molar-refractivity contribution in [2.24, 2.45) is 5.92 Å². The van der Waals surface area contributed by atoms with E-state index in [0.29, 0.717) is 18.6 Å². The maximum absolute atomic E-state index is 12.2. The van der Waals surface area contributed by atoms with Gasteiger partial charge in [0.2, 0.25) is 5.91 Å². The Labute approximate surface area is 135 Å². The highest BCUT2D eigenvalue weighted by Crippen LogP contribution is 2.07. The third-order valence-electron chi connectivity index (χ3n) is 2.82. The topological polar surface area (TPSA) is 105 Å². The molecule has 2 atom stereocenters. The minimum atomic E-state index is -1.08. The first-order valence-electron chi connectivity index (χ1n) is 7.27. The molecule has 0 aromatic carbocycles. The molecule has 0 saturated carbocycles. The molecule has 0 heterocycles. The van der Waals surface area contributed by atoms with Crippen LogP contribution >= 0.6 is 11.8 Å². The van der Waals surface area contributed by atoms with E-state index in [2.05, 4.69) is 10.6 Å². The molecular formula is C14H26N2O5S. The summed E-state index contributed by atoms with van der Waals surface area (Å²) in [4.78, 5) is 34.9. The fourth-order valence-electron chi connectivity index (χ4n) is 1.78. The Balaban J connectivity index is 4.77. The van der Waals surface area contributed by atoms with Gasteiger partial charge in [-0.05, 0) is 37.7 Å². The summed E-state index contributed by atoms with van der Waals surface area (Å²) in [6, 6.07) is -1.77. The van der Waals surface area contributed by atoms with Crippen molar-refractivity contribution in [3.8, 4) is 0 Å². The molecule has 0 unspecified atom stereocenters. The van der Waals surface area contributed by atoms with Crippen molar-refractivity contribution in [3.63, 3.8) is 0 Å². The number of rotatable bonds is 10. The van der Waals surface area contributed by atoms with Crippen LogP contribution in [0.4, 0.5) is 4.79 Å². The van der Waals surface area contributed by atoms with Crippen LogP contribution < -0.4 is 10.6 Å². The van der Waals surface area contributed by atoms with Crippen LogP contribution in [0.1, 0.15) is 33.6 Å². The van der Waals surface area contributed by atoms with Gasteiger partial charge in [0, 0.05) is 0 Å². The van der Waals surface area contributed by atoms with Gasteiger partial charge in [-0.25, -0.2) is 9.59 Å². The summed E-state index contributed by atoms with van der Waals surface area (Å²) in [6.45, 7) is 5.63. The van der Waals surface area contributed by atoms with Crippen LogP contribution in [-0.4, -0.2) is 53.8 Å². The lowest BCUT2D eigenvalue weighted by Gasteiger charge is -2.22. The molecule has 0 saturated heterocycles. The van der Waals surface area contributed by atoms with Crippen molar-refractivity contribution >= 4 is 29.7 Å². The monoisotopic (exact) mass is 334 g/mol. The Bertz CT molecular complexity index is 376. The van der Waals surface area contributed by atoms with Crippen LogP contribution in [0.3, 0.4) is 0 Å². The first-order valence-corrected chi connectivity index (χ1v) is 8.66. The van der Waals surface area contributed by atoms with E-state index in [-0.39, 0.29) is 12.5 Å². The molecule has 8 heteroatoms. The number of ether oxygens (including phenoxy) is 1. The fraction of sp³-hybridized carbons (Fsp3) is 0.786. The van der Waals surface area contributed by atoms with Crippen molar-refractivity contribution in [2.75, 3.05) is 18.6 Å². The summed E-state index contributed by atoms with van der Waals surface area (Å²) < 4.78 is 4.77. The zero-order valence-electron chi connectivity index (χ0n) is 13.5. The van der Waals surface area contributed by atoms with Crippen molar-refractivity contribution in [2.45, 2.75) is 45.7 Å². The molecule has 128 valence electrons. The van der Waals surface area contributed by atoms with Crippen molar-refractivity contribution < 1.29 is 24.2 Å². The predicted octanol–water partition coefficient (Wildman–Crippen LogP) is 1.47. The normalized spacial score (nSPS) is 13.3. The second-order valence-corrected chi connectivity index (χ2v) is 6.21. The van der Waals surface area contributed by atoms with Gasteiger partial charge in [-0.15, -0.1) is 0 Å². The smallest absolute Gasteiger partial charge is 0.407 e. The van der Waals surface area contributed by atoms with Gasteiger partial charge >= 0.3 is 12.1 Å². The van der Waals surface area contributed by atoms with Crippen LogP contribution in [0.15, 0.2) is 0 Å². The number of amides is 2. The number of aliphatic carboxylic acids is 1. The van der Waals surface area contributed by atoms with Crippen molar-refractivity contribution in [1.29, 1.82) is 0 Å². The lowest BCUT2D eigenvalue weighted by Crippen LogP contribution is -2.52. The maximum atomic E-state index is 12.2. The first kappa shape index (κ1) is 20.6. The standard InChI is InChI=1S/C14H26N2O5S/c1-5-21-14(20)16-10(6-7-22-4)12(17)15-11(13(18)19)8-9(2)3/h9-11H,5-8H2,1-4H3,(H,15,17)(H,16,20)(H,18,19)/t10-,11-/m0/s1. The molecule has 22 heavy (non-hydrogen) atoms. The number of hydrogen-bond acceptors (Lipinski definition) is 5. The molecule has 2 amide bonds. The zero-order chi connectivity index (χ0) is 17.1. The number of nitrogens with one attached hydrogen (secondary N) is 2. The van der Waals surface area contributed by atoms with E-state index in [1.54, 1.807) is 6.92 Å². The number of carboxylic acid groups (broad SMARTS) is 1. The Hall–Kier alpha value is -1.44. The molecule has 0 spiro atoms. The van der Waals surface area contributed by atoms with Crippen molar-refractivity contribution in [3.05, 3.63) is 0 Å². The van der Waals surface area contributed by atoms with Gasteiger partial charge in [-0.2, -0.15) is 11.8 Å². The first-order chi connectivity index (χ1) is 10.3. The largest absolute Gasteiger partial charge is 0.480 e. The van der Waals surface area contributed by atoms with Crippen LogP contribution in [0.5, 0.6) is 0 Å². The highest BCUT2D eigenvalue weighted by Gasteiger charge is 2.27. The predicted molar refractivity (Wildman–Crippen MR) is 86.0 cm³/mol. The van der Waals surface area contributed by atoms with E-state index >= 15 is 0 Å². The minimum Gasteiger partial charge on any atom is -0.480 e. The molecule has 7 nitrogen and oxygen atoms in total. The van der Waals surface area contributed by atoms with Crippen LogP contribution in [-0.2, 0) is 14.3 Å². The second kappa shape index (κ2) is 11.2. The van der Waals surface area contributed by atoms with E-state index in [9.17, 15) is 14.4 Å². The van der Waals surface area contributed by atoms with Crippen LogP contribution in [0, 0.1) is 5.92 Å². The van der Waals surface area contributed by atoms with Gasteiger partial charge in [0.25, 0.3) is 0 Å². The highest BCUT2D eigenvalue weighted by molar-refractivity contribution is 7.98. The molecule has 0 aliphatic rings. The number of hydrogen-bond donors (Lipinski definition) is 3. The Kier molecular flexibility index (Phi) is 10.4.